The van der Waals surface area contributed by atoms with E-state index >= 15 is 0 Å². The van der Waals surface area contributed by atoms with Crippen molar-refractivity contribution in [3.05, 3.63) is 27.7 Å². The first-order valence-electron chi connectivity index (χ1n) is 6.60. The Morgan fingerprint density at radius 3 is 2.32 bits per heavy atom. The zero-order valence-corrected chi connectivity index (χ0v) is 14.1. The molecule has 0 spiro atoms. The normalized spacial score (nSPS) is 12.6. The number of aromatic nitrogens is 1. The molecule has 2 N–H and O–H groups in total. The van der Waals surface area contributed by atoms with Crippen molar-refractivity contribution in [2.45, 2.75) is 52.4 Å². The minimum Gasteiger partial charge on any atom is -0.543 e. The molecule has 1 aromatic rings. The molecule has 1 heterocycles. The SMILES string of the molecule is Cc1cc(O[Si](C)(C)C(C)(C)C)c(CN)c(=O)n1C. The van der Waals surface area contributed by atoms with Crippen LogP contribution in [0.25, 0.3) is 0 Å². The van der Waals surface area contributed by atoms with Gasteiger partial charge in [0, 0.05) is 19.3 Å². The Bertz CT molecular complexity index is 527. The Hall–Kier alpha value is -1.07. The third kappa shape index (κ3) is 3.09. The van der Waals surface area contributed by atoms with Crippen molar-refractivity contribution in [3.8, 4) is 5.75 Å². The zero-order chi connectivity index (χ0) is 15.0. The van der Waals surface area contributed by atoms with Crippen molar-refractivity contribution in [1.82, 2.24) is 4.57 Å². The van der Waals surface area contributed by atoms with E-state index in [1.807, 2.05) is 13.0 Å². The molecule has 0 unspecified atom stereocenters. The largest absolute Gasteiger partial charge is 0.543 e. The molecule has 1 rings (SSSR count). The second-order valence-electron chi connectivity index (χ2n) is 6.56. The lowest BCUT2D eigenvalue weighted by atomic mass is 10.2. The first-order chi connectivity index (χ1) is 8.51. The van der Waals surface area contributed by atoms with Crippen LogP contribution < -0.4 is 15.7 Å². The van der Waals surface area contributed by atoms with Gasteiger partial charge in [0.15, 0.2) is 0 Å². The smallest absolute Gasteiger partial charge is 0.258 e. The van der Waals surface area contributed by atoms with Crippen LogP contribution in [0.5, 0.6) is 5.75 Å². The van der Waals surface area contributed by atoms with E-state index < -0.39 is 8.32 Å². The maximum absolute atomic E-state index is 12.2. The highest BCUT2D eigenvalue weighted by atomic mass is 28.4. The van der Waals surface area contributed by atoms with Crippen LogP contribution in [0, 0.1) is 6.92 Å². The lowest BCUT2D eigenvalue weighted by Gasteiger charge is -2.37. The molecule has 0 aliphatic heterocycles. The molecule has 0 atom stereocenters. The third-order valence-electron chi connectivity index (χ3n) is 4.10. The summed E-state index contributed by atoms with van der Waals surface area (Å²) in [5.74, 6) is 0.662. The van der Waals surface area contributed by atoms with Crippen LogP contribution in [0.2, 0.25) is 18.1 Å². The molecule has 19 heavy (non-hydrogen) atoms. The topological polar surface area (TPSA) is 57.2 Å². The fourth-order valence-corrected chi connectivity index (χ4v) is 2.59. The minimum absolute atomic E-state index is 0.0591. The van der Waals surface area contributed by atoms with E-state index in [1.54, 1.807) is 11.6 Å². The number of pyridine rings is 1. The van der Waals surface area contributed by atoms with E-state index in [2.05, 4.69) is 33.9 Å². The lowest BCUT2D eigenvalue weighted by Crippen LogP contribution is -2.44. The molecular weight excluding hydrogens is 256 g/mol. The molecule has 0 aromatic carbocycles. The highest BCUT2D eigenvalue weighted by Gasteiger charge is 2.39. The minimum atomic E-state index is -1.96. The maximum atomic E-state index is 12.2. The average molecular weight is 282 g/mol. The van der Waals surface area contributed by atoms with Crippen LogP contribution in [-0.4, -0.2) is 12.9 Å². The van der Waals surface area contributed by atoms with Gasteiger partial charge in [-0.3, -0.25) is 4.79 Å². The Morgan fingerprint density at radius 2 is 1.89 bits per heavy atom. The molecule has 0 aliphatic rings. The van der Waals surface area contributed by atoms with Gasteiger partial charge >= 0.3 is 0 Å². The van der Waals surface area contributed by atoms with Crippen LogP contribution in [-0.2, 0) is 13.6 Å². The molecule has 4 nitrogen and oxygen atoms in total. The molecule has 0 aliphatic carbocycles. The van der Waals surface area contributed by atoms with Gasteiger partial charge in [0.2, 0.25) is 8.32 Å². The van der Waals surface area contributed by atoms with Gasteiger partial charge in [0.25, 0.3) is 5.56 Å². The van der Waals surface area contributed by atoms with Crippen molar-refractivity contribution in [3.63, 3.8) is 0 Å². The van der Waals surface area contributed by atoms with Crippen molar-refractivity contribution >= 4 is 8.32 Å². The van der Waals surface area contributed by atoms with Gasteiger partial charge in [0.05, 0.1) is 5.56 Å². The summed E-state index contributed by atoms with van der Waals surface area (Å²) in [7, 11) is -0.203. The monoisotopic (exact) mass is 282 g/mol. The number of hydrogen-bond acceptors (Lipinski definition) is 3. The summed E-state index contributed by atoms with van der Waals surface area (Å²) in [5.41, 5.74) is 7.11. The Labute approximate surface area is 116 Å². The number of nitrogens with two attached hydrogens (primary N) is 1. The quantitative estimate of drug-likeness (QED) is 0.867. The zero-order valence-electron chi connectivity index (χ0n) is 13.1. The van der Waals surface area contributed by atoms with E-state index in [0.29, 0.717) is 11.3 Å². The highest BCUT2D eigenvalue weighted by Crippen LogP contribution is 2.37. The van der Waals surface area contributed by atoms with Gasteiger partial charge in [-0.1, -0.05) is 20.8 Å². The number of hydrogen-bond donors (Lipinski definition) is 1. The number of rotatable bonds is 3. The summed E-state index contributed by atoms with van der Waals surface area (Å²) >= 11 is 0. The molecule has 0 amide bonds. The van der Waals surface area contributed by atoms with Crippen LogP contribution in [0.1, 0.15) is 32.0 Å². The average Bonchev–Trinajstić information content (AvgIpc) is 2.24. The fraction of sp³-hybridized carbons (Fsp3) is 0.643. The van der Waals surface area contributed by atoms with Crippen molar-refractivity contribution in [2.75, 3.05) is 0 Å². The van der Waals surface area contributed by atoms with Gasteiger partial charge < -0.3 is 14.7 Å². The Morgan fingerprint density at radius 1 is 1.37 bits per heavy atom. The van der Waals surface area contributed by atoms with Crippen molar-refractivity contribution < 1.29 is 4.43 Å². The highest BCUT2D eigenvalue weighted by molar-refractivity contribution is 6.74. The van der Waals surface area contributed by atoms with Crippen molar-refractivity contribution in [1.29, 1.82) is 0 Å². The standard InChI is InChI=1S/C14H26N2O2Si/c1-10-8-12(11(9-15)13(17)16(10)5)18-19(6,7)14(2,3)4/h8H,9,15H2,1-7H3. The van der Waals surface area contributed by atoms with Crippen LogP contribution in [0.4, 0.5) is 0 Å². The summed E-state index contributed by atoms with van der Waals surface area (Å²) in [6, 6.07) is 1.92. The molecular formula is C14H26N2O2Si. The molecule has 1 aromatic heterocycles. The second-order valence-corrected chi connectivity index (χ2v) is 11.3. The lowest BCUT2D eigenvalue weighted by molar-refractivity contribution is 0.483. The Balaban J connectivity index is 3.34. The van der Waals surface area contributed by atoms with Gasteiger partial charge in [-0.15, -0.1) is 0 Å². The van der Waals surface area contributed by atoms with E-state index in [0.717, 1.165) is 5.69 Å². The van der Waals surface area contributed by atoms with E-state index in [-0.39, 0.29) is 17.1 Å². The van der Waals surface area contributed by atoms with E-state index in [4.69, 9.17) is 10.2 Å². The molecule has 0 saturated carbocycles. The Kier molecular flexibility index (Phi) is 4.32. The van der Waals surface area contributed by atoms with Gasteiger partial charge in [-0.25, -0.2) is 0 Å². The van der Waals surface area contributed by atoms with Crippen LogP contribution >= 0.6 is 0 Å². The predicted molar refractivity (Wildman–Crippen MR) is 82.1 cm³/mol. The fourth-order valence-electron chi connectivity index (χ4n) is 1.55. The predicted octanol–water partition coefficient (Wildman–Crippen LogP) is 2.54. The summed E-state index contributed by atoms with van der Waals surface area (Å²) in [4.78, 5) is 12.2. The van der Waals surface area contributed by atoms with Gasteiger partial charge in [0.1, 0.15) is 5.75 Å². The number of nitrogens with zero attached hydrogens (tertiary/aromatic N) is 1. The van der Waals surface area contributed by atoms with Gasteiger partial charge in [-0.2, -0.15) is 0 Å². The van der Waals surface area contributed by atoms with Crippen LogP contribution in [0.3, 0.4) is 0 Å². The summed E-state index contributed by atoms with van der Waals surface area (Å²) in [5, 5.41) is 0.0911. The summed E-state index contributed by atoms with van der Waals surface area (Å²) in [6.45, 7) is 13.0. The molecule has 5 heteroatoms. The third-order valence-corrected chi connectivity index (χ3v) is 8.45. The van der Waals surface area contributed by atoms with E-state index in [9.17, 15) is 4.79 Å². The molecule has 0 radical (unpaired) electrons. The van der Waals surface area contributed by atoms with Crippen molar-refractivity contribution in [2.24, 2.45) is 12.8 Å². The first kappa shape index (κ1) is 16.0. The van der Waals surface area contributed by atoms with Crippen LogP contribution in [0.15, 0.2) is 10.9 Å². The number of aryl methyl sites for hydroxylation is 1. The second kappa shape index (κ2) is 5.13. The molecule has 0 saturated heterocycles. The first-order valence-corrected chi connectivity index (χ1v) is 9.50. The molecule has 0 fully saturated rings. The van der Waals surface area contributed by atoms with E-state index in [1.165, 1.54) is 0 Å². The molecule has 108 valence electrons. The summed E-state index contributed by atoms with van der Waals surface area (Å²) < 4.78 is 7.86. The van der Waals surface area contributed by atoms with Gasteiger partial charge in [-0.05, 0) is 31.1 Å². The summed E-state index contributed by atoms with van der Waals surface area (Å²) in [6.07, 6.45) is 0. The molecule has 0 bridgehead atoms. The maximum Gasteiger partial charge on any atom is 0.258 e.